The Kier molecular flexibility index (Phi) is 16.8. The van der Waals surface area contributed by atoms with Crippen LogP contribution in [-0.2, 0) is 24.9 Å². The molecule has 8 rings (SSSR count). The van der Waals surface area contributed by atoms with Gasteiger partial charge >= 0.3 is 385 Å². The molecule has 0 N–H and O–H groups in total. The Labute approximate surface area is 381 Å². The molecule has 0 aromatic heterocycles. The first-order valence-electron chi connectivity index (χ1n) is 19.7. The minimum atomic E-state index is -1.81. The summed E-state index contributed by atoms with van der Waals surface area (Å²) in [5.41, 5.74) is 0. The molecule has 0 bridgehead atoms. The first kappa shape index (κ1) is 44.2. The van der Waals surface area contributed by atoms with Crippen molar-refractivity contribution in [1.82, 2.24) is 0 Å². The number of benzene rings is 8. The van der Waals surface area contributed by atoms with Gasteiger partial charge in [-0.05, 0) is 0 Å². The maximum absolute atomic E-state index is 8.67. The number of hydrogen-bond donors (Lipinski definition) is 0. The molecule has 0 aliphatic heterocycles. The van der Waals surface area contributed by atoms with Crippen molar-refractivity contribution >= 4 is 97.1 Å². The summed E-state index contributed by atoms with van der Waals surface area (Å²) in [7, 11) is 5.68. The Hall–Kier alpha value is -2.43. The van der Waals surface area contributed by atoms with E-state index in [1.165, 1.54) is 42.4 Å². The Balaban J connectivity index is 1.32. The van der Waals surface area contributed by atoms with Crippen molar-refractivity contribution in [2.45, 2.75) is 8.26 Å². The molecule has 60 heavy (non-hydrogen) atoms. The van der Waals surface area contributed by atoms with Crippen molar-refractivity contribution in [1.29, 1.82) is 0 Å². The van der Waals surface area contributed by atoms with Gasteiger partial charge in [0.15, 0.2) is 0 Å². The molecule has 0 fully saturated rings. The van der Waals surface area contributed by atoms with Crippen LogP contribution in [0.4, 0.5) is 0 Å². The molecule has 0 amide bonds. The summed E-state index contributed by atoms with van der Waals surface area (Å²) in [6.45, 7) is 0. The van der Waals surface area contributed by atoms with Crippen molar-refractivity contribution in [3.8, 4) is 0 Å². The monoisotopic (exact) mass is 1120 g/mol. The van der Waals surface area contributed by atoms with Gasteiger partial charge in [-0.1, -0.05) is 0 Å². The van der Waals surface area contributed by atoms with Crippen LogP contribution in [0.5, 0.6) is 0 Å². The van der Waals surface area contributed by atoms with Crippen molar-refractivity contribution in [3.63, 3.8) is 0 Å². The summed E-state index contributed by atoms with van der Waals surface area (Å²) in [6.07, 6.45) is 2.11. The molecule has 0 nitrogen and oxygen atoms in total. The molecule has 0 aliphatic carbocycles. The first-order valence-corrected chi connectivity index (χ1v) is 36.4. The Morgan fingerprint density at radius 3 is 0.767 bits per heavy atom. The van der Waals surface area contributed by atoms with Crippen LogP contribution in [-0.4, -0.2) is 20.6 Å². The number of halogens is 2. The fourth-order valence-electron chi connectivity index (χ4n) is 7.18. The van der Waals surface area contributed by atoms with Crippen LogP contribution in [0.15, 0.2) is 243 Å². The van der Waals surface area contributed by atoms with Gasteiger partial charge in [0.05, 0.1) is 0 Å². The summed E-state index contributed by atoms with van der Waals surface area (Å²) in [5.74, 6) is 0. The van der Waals surface area contributed by atoms with Crippen LogP contribution in [0.2, 0.25) is 0 Å². The molecule has 0 spiro atoms. The Morgan fingerprint density at radius 2 is 0.517 bits per heavy atom. The van der Waals surface area contributed by atoms with Gasteiger partial charge in [0.25, 0.3) is 0 Å². The fraction of sp³-hybridized carbons (Fsp3) is 0.0769. The molecule has 2 unspecified atom stereocenters. The quantitative estimate of drug-likeness (QED) is 0.0630. The predicted molar refractivity (Wildman–Crippen MR) is 268 cm³/mol. The van der Waals surface area contributed by atoms with Crippen LogP contribution in [0.1, 0.15) is 0 Å². The fourth-order valence-corrected chi connectivity index (χ4v) is 56.1. The molecule has 8 aromatic carbocycles. The van der Waals surface area contributed by atoms with Gasteiger partial charge in [0.1, 0.15) is 0 Å². The van der Waals surface area contributed by atoms with E-state index in [2.05, 4.69) is 243 Å². The van der Waals surface area contributed by atoms with Crippen LogP contribution >= 0.6 is 54.6 Å². The second kappa shape index (κ2) is 22.8. The van der Waals surface area contributed by atoms with Gasteiger partial charge in [-0.15, -0.1) is 0 Å². The minimum absolute atomic E-state index is 0.301. The third kappa shape index (κ3) is 11.2. The molecule has 2 atom stereocenters. The average molecular weight is 1120 g/mol. The number of rotatable bonds is 17. The molecule has 0 aliphatic rings. The standard InChI is InChI=1S/2C26H23P2.BrH.ClH.2Pd/c2*1-5-13-23(14-6-1)27(24-15-7-2-8-16-24)21-22-28(25-17-9-3-10-18-25)26-19-11-4-12-20-26;;;;/h2*1-21H,22H2;2*1H;;/q;;;;2*+1/p-2. The molecule has 0 saturated carbocycles. The van der Waals surface area contributed by atoms with Gasteiger partial charge < -0.3 is 0 Å². The second-order valence-electron chi connectivity index (χ2n) is 13.8. The van der Waals surface area contributed by atoms with Crippen molar-refractivity contribution in [3.05, 3.63) is 243 Å². The van der Waals surface area contributed by atoms with Gasteiger partial charge in [-0.2, -0.15) is 0 Å². The summed E-state index contributed by atoms with van der Waals surface area (Å²) in [5, 5.41) is 11.4. The molecule has 0 heterocycles. The summed E-state index contributed by atoms with van der Waals surface area (Å²) in [6, 6.07) is 90.7. The second-order valence-corrected chi connectivity index (χ2v) is 44.5. The van der Waals surface area contributed by atoms with Gasteiger partial charge in [-0.25, -0.2) is 0 Å². The van der Waals surface area contributed by atoms with E-state index in [0.29, 0.717) is 8.26 Å². The van der Waals surface area contributed by atoms with E-state index in [0.717, 1.165) is 12.3 Å². The predicted octanol–water partition coefficient (Wildman–Crippen LogP) is 11.8. The Bertz CT molecular complexity index is 2110. The van der Waals surface area contributed by atoms with Crippen LogP contribution < -0.4 is 42.4 Å². The zero-order chi connectivity index (χ0) is 40.9. The van der Waals surface area contributed by atoms with Crippen molar-refractivity contribution in [2.75, 3.05) is 12.3 Å². The Morgan fingerprint density at radius 1 is 0.317 bits per heavy atom. The molecule has 8 heteroatoms. The zero-order valence-corrected chi connectivity index (χ0v) is 41.9. The first-order chi connectivity index (χ1) is 29.7. The molecule has 0 saturated heterocycles. The van der Waals surface area contributed by atoms with Gasteiger partial charge in [0.2, 0.25) is 0 Å². The van der Waals surface area contributed by atoms with Crippen LogP contribution in [0.25, 0.3) is 0 Å². The van der Waals surface area contributed by atoms with Gasteiger partial charge in [-0.3, -0.25) is 0 Å². The topological polar surface area (TPSA) is 0 Å². The van der Waals surface area contributed by atoms with E-state index < -0.39 is 56.6 Å². The van der Waals surface area contributed by atoms with Gasteiger partial charge in [0, 0.05) is 0 Å². The van der Waals surface area contributed by atoms with E-state index in [1.807, 2.05) is 0 Å². The third-order valence-electron chi connectivity index (χ3n) is 9.97. The van der Waals surface area contributed by atoms with Crippen LogP contribution in [0.3, 0.4) is 0 Å². The maximum atomic E-state index is 8.67. The molecular formula is C52H46BrClP4Pd2. The third-order valence-corrected chi connectivity index (χ3v) is 54.5. The molecular weight excluding hydrogens is 1080 g/mol. The molecule has 8 aromatic rings. The SMILES string of the molecule is [Cl][Pd]([CH](CP(c1ccccc1)c1ccccc1)P(c1ccccc1)c1ccccc1)[Pd]([Br])[CH](CP(c1ccccc1)c1ccccc1)P(c1ccccc1)c1ccccc1. The molecule has 0 radical (unpaired) electrons. The van der Waals surface area contributed by atoms with E-state index in [-0.39, 0.29) is 0 Å². The van der Waals surface area contributed by atoms with E-state index in [4.69, 9.17) is 23.0 Å². The van der Waals surface area contributed by atoms with E-state index in [1.54, 1.807) is 0 Å². The molecule has 308 valence electrons. The summed E-state index contributed by atoms with van der Waals surface area (Å²) in [4.78, 5) is 0. The van der Waals surface area contributed by atoms with E-state index in [9.17, 15) is 0 Å². The van der Waals surface area contributed by atoms with Crippen LogP contribution in [0, 0.1) is 0 Å². The summed E-state index contributed by atoms with van der Waals surface area (Å²) < 4.78 is 0.668. The van der Waals surface area contributed by atoms with Crippen molar-refractivity contribution in [2.24, 2.45) is 0 Å². The normalized spacial score (nSPS) is 13.0. The summed E-state index contributed by atoms with van der Waals surface area (Å²) >= 11 is 1.34. The number of hydrogen-bond acceptors (Lipinski definition) is 0. The van der Waals surface area contributed by atoms with Crippen molar-refractivity contribution < 1.29 is 24.9 Å². The van der Waals surface area contributed by atoms with E-state index >= 15 is 0 Å². The zero-order valence-electron chi connectivity index (χ0n) is 32.8. The average Bonchev–Trinajstić information content (AvgIpc) is 3.33.